The van der Waals surface area contributed by atoms with Gasteiger partial charge in [0, 0.05) is 24.9 Å². The Morgan fingerprint density at radius 2 is 2.24 bits per heavy atom. The molecule has 2 heterocycles. The Morgan fingerprint density at radius 1 is 1.43 bits per heavy atom. The number of aromatic nitrogens is 1. The van der Waals surface area contributed by atoms with Gasteiger partial charge in [-0.1, -0.05) is 12.8 Å². The van der Waals surface area contributed by atoms with Crippen molar-refractivity contribution < 1.29 is 9.53 Å². The molecule has 1 unspecified atom stereocenters. The lowest BCUT2D eigenvalue weighted by atomic mass is 10.0. The molecule has 21 heavy (non-hydrogen) atoms. The molecular formula is C17H24N2O2. The molecular weight excluding hydrogens is 264 g/mol. The van der Waals surface area contributed by atoms with Gasteiger partial charge in [-0.3, -0.25) is 9.78 Å². The fraction of sp³-hybridized carbons (Fsp3) is 0.647. The summed E-state index contributed by atoms with van der Waals surface area (Å²) in [5.74, 6) is 0.919. The third kappa shape index (κ3) is 3.62. The number of hydrogen-bond acceptors (Lipinski definition) is 3. The van der Waals surface area contributed by atoms with Gasteiger partial charge in [0.1, 0.15) is 6.10 Å². The molecule has 0 bridgehead atoms. The Kier molecular flexibility index (Phi) is 4.54. The number of nitrogens with zero attached hydrogens (tertiary/aromatic N) is 2. The predicted octanol–water partition coefficient (Wildman–Crippen LogP) is 2.87. The minimum Gasteiger partial charge on any atom is -0.370 e. The van der Waals surface area contributed by atoms with Gasteiger partial charge in [-0.05, 0) is 43.4 Å². The Labute approximate surface area is 126 Å². The van der Waals surface area contributed by atoms with Gasteiger partial charge in [0.2, 0.25) is 5.91 Å². The Hall–Kier alpha value is -1.42. The van der Waals surface area contributed by atoms with E-state index in [2.05, 4.69) is 11.1 Å². The molecule has 1 atom stereocenters. The van der Waals surface area contributed by atoms with E-state index < -0.39 is 0 Å². The van der Waals surface area contributed by atoms with Crippen LogP contribution in [0.3, 0.4) is 0 Å². The van der Waals surface area contributed by atoms with E-state index in [0.717, 1.165) is 24.2 Å². The van der Waals surface area contributed by atoms with Crippen LogP contribution in [0.2, 0.25) is 0 Å². The predicted molar refractivity (Wildman–Crippen MR) is 80.8 cm³/mol. The molecule has 1 aromatic heterocycles. The molecule has 1 aliphatic carbocycles. The lowest BCUT2D eigenvalue weighted by molar-refractivity contribution is -0.140. The van der Waals surface area contributed by atoms with Crippen molar-refractivity contribution in [2.75, 3.05) is 19.7 Å². The SMILES string of the molecule is Cc1cc(C2CN(C(=O)CC3CCCC3)CCO2)ccn1. The Bertz CT molecular complexity index is 497. The van der Waals surface area contributed by atoms with E-state index in [4.69, 9.17) is 4.74 Å². The van der Waals surface area contributed by atoms with Gasteiger partial charge in [0.15, 0.2) is 0 Å². The molecule has 1 aliphatic heterocycles. The number of amides is 1. The van der Waals surface area contributed by atoms with Crippen LogP contribution in [0.25, 0.3) is 0 Å². The molecule has 1 aromatic rings. The molecule has 114 valence electrons. The molecule has 3 rings (SSSR count). The van der Waals surface area contributed by atoms with Crippen molar-refractivity contribution in [3.05, 3.63) is 29.6 Å². The smallest absolute Gasteiger partial charge is 0.223 e. The van der Waals surface area contributed by atoms with Crippen LogP contribution in [0.1, 0.15) is 49.5 Å². The largest absolute Gasteiger partial charge is 0.370 e. The third-order valence-corrected chi connectivity index (χ3v) is 4.65. The number of aryl methyl sites for hydroxylation is 1. The van der Waals surface area contributed by atoms with Crippen LogP contribution < -0.4 is 0 Å². The zero-order chi connectivity index (χ0) is 14.7. The van der Waals surface area contributed by atoms with Crippen LogP contribution in [0.5, 0.6) is 0 Å². The summed E-state index contributed by atoms with van der Waals surface area (Å²) in [4.78, 5) is 18.7. The second-order valence-corrected chi connectivity index (χ2v) is 6.28. The third-order valence-electron chi connectivity index (χ3n) is 4.65. The molecule has 0 aromatic carbocycles. The van der Waals surface area contributed by atoms with E-state index in [1.165, 1.54) is 25.7 Å². The highest BCUT2D eigenvalue weighted by Gasteiger charge is 2.27. The minimum absolute atomic E-state index is 0.00650. The molecule has 2 aliphatic rings. The zero-order valence-corrected chi connectivity index (χ0v) is 12.8. The zero-order valence-electron chi connectivity index (χ0n) is 12.8. The van der Waals surface area contributed by atoms with Gasteiger partial charge in [0.25, 0.3) is 0 Å². The van der Waals surface area contributed by atoms with Crippen molar-refractivity contribution in [3.8, 4) is 0 Å². The number of carbonyl (C=O) groups is 1. The number of carbonyl (C=O) groups excluding carboxylic acids is 1. The second-order valence-electron chi connectivity index (χ2n) is 6.28. The first-order chi connectivity index (χ1) is 10.2. The number of ether oxygens (including phenoxy) is 1. The maximum atomic E-state index is 12.5. The van der Waals surface area contributed by atoms with E-state index in [0.29, 0.717) is 25.0 Å². The summed E-state index contributed by atoms with van der Waals surface area (Å²) in [6.07, 6.45) is 7.56. The molecule has 0 N–H and O–H groups in total. The summed E-state index contributed by atoms with van der Waals surface area (Å²) in [5, 5.41) is 0. The highest BCUT2D eigenvalue weighted by molar-refractivity contribution is 5.76. The summed E-state index contributed by atoms with van der Waals surface area (Å²) in [7, 11) is 0. The highest BCUT2D eigenvalue weighted by atomic mass is 16.5. The van der Waals surface area contributed by atoms with Crippen molar-refractivity contribution in [2.45, 2.75) is 45.1 Å². The average Bonchev–Trinajstić information content (AvgIpc) is 3.00. The molecule has 1 amide bonds. The summed E-state index contributed by atoms with van der Waals surface area (Å²) >= 11 is 0. The van der Waals surface area contributed by atoms with Gasteiger partial charge in [-0.25, -0.2) is 0 Å². The average molecular weight is 288 g/mol. The van der Waals surface area contributed by atoms with Crippen molar-refractivity contribution >= 4 is 5.91 Å². The van der Waals surface area contributed by atoms with E-state index in [9.17, 15) is 4.79 Å². The summed E-state index contributed by atoms with van der Waals surface area (Å²) in [5.41, 5.74) is 2.12. The normalized spacial score (nSPS) is 23.5. The van der Waals surface area contributed by atoms with Crippen molar-refractivity contribution in [3.63, 3.8) is 0 Å². The van der Waals surface area contributed by atoms with Crippen molar-refractivity contribution in [1.29, 1.82) is 0 Å². The minimum atomic E-state index is -0.00650. The fourth-order valence-corrected chi connectivity index (χ4v) is 3.44. The lowest BCUT2D eigenvalue weighted by Gasteiger charge is -2.34. The highest BCUT2D eigenvalue weighted by Crippen LogP contribution is 2.29. The maximum Gasteiger partial charge on any atom is 0.223 e. The maximum absolute atomic E-state index is 12.5. The number of morpholine rings is 1. The standard InChI is InChI=1S/C17H24N2O2/c1-13-10-15(6-7-18-13)16-12-19(8-9-21-16)17(20)11-14-4-2-3-5-14/h6-7,10,14,16H,2-5,8-9,11-12H2,1H3. The Balaban J connectivity index is 1.61. The summed E-state index contributed by atoms with van der Waals surface area (Å²) < 4.78 is 5.85. The molecule has 1 saturated carbocycles. The fourth-order valence-electron chi connectivity index (χ4n) is 3.44. The van der Waals surface area contributed by atoms with Crippen molar-refractivity contribution in [1.82, 2.24) is 9.88 Å². The van der Waals surface area contributed by atoms with Crippen LogP contribution >= 0.6 is 0 Å². The number of rotatable bonds is 3. The monoisotopic (exact) mass is 288 g/mol. The van der Waals surface area contributed by atoms with E-state index >= 15 is 0 Å². The quantitative estimate of drug-likeness (QED) is 0.859. The topological polar surface area (TPSA) is 42.4 Å². The summed E-state index contributed by atoms with van der Waals surface area (Å²) in [6.45, 7) is 4.01. The number of pyridine rings is 1. The molecule has 1 saturated heterocycles. The van der Waals surface area contributed by atoms with E-state index in [-0.39, 0.29) is 6.10 Å². The van der Waals surface area contributed by atoms with Crippen LogP contribution in [0.4, 0.5) is 0 Å². The first-order valence-corrected chi connectivity index (χ1v) is 8.04. The van der Waals surface area contributed by atoms with Crippen molar-refractivity contribution in [2.24, 2.45) is 5.92 Å². The molecule has 0 spiro atoms. The molecule has 4 heteroatoms. The summed E-state index contributed by atoms with van der Waals surface area (Å²) in [6, 6.07) is 4.04. The van der Waals surface area contributed by atoms with Crippen LogP contribution in [-0.4, -0.2) is 35.5 Å². The van der Waals surface area contributed by atoms with Gasteiger partial charge in [-0.15, -0.1) is 0 Å². The van der Waals surface area contributed by atoms with Crippen LogP contribution in [0.15, 0.2) is 18.3 Å². The molecule has 0 radical (unpaired) electrons. The molecule has 2 fully saturated rings. The van der Waals surface area contributed by atoms with Gasteiger partial charge >= 0.3 is 0 Å². The number of hydrogen-bond donors (Lipinski definition) is 0. The first-order valence-electron chi connectivity index (χ1n) is 8.04. The first kappa shape index (κ1) is 14.5. The molecule has 4 nitrogen and oxygen atoms in total. The van der Waals surface area contributed by atoms with E-state index in [1.54, 1.807) is 0 Å². The van der Waals surface area contributed by atoms with Crippen LogP contribution in [-0.2, 0) is 9.53 Å². The van der Waals surface area contributed by atoms with Gasteiger partial charge in [0.05, 0.1) is 13.2 Å². The van der Waals surface area contributed by atoms with Gasteiger partial charge < -0.3 is 9.64 Å². The van der Waals surface area contributed by atoms with E-state index in [1.807, 2.05) is 24.1 Å². The van der Waals surface area contributed by atoms with Gasteiger partial charge in [-0.2, -0.15) is 0 Å². The lowest BCUT2D eigenvalue weighted by Crippen LogP contribution is -2.42. The van der Waals surface area contributed by atoms with Crippen LogP contribution in [0, 0.1) is 12.8 Å². The second kappa shape index (κ2) is 6.56. The Morgan fingerprint density at radius 3 is 3.00 bits per heavy atom.